The third-order valence-corrected chi connectivity index (χ3v) is 2.89. The van der Waals surface area contributed by atoms with Gasteiger partial charge < -0.3 is 4.74 Å². The molecule has 0 aliphatic carbocycles. The molecule has 15 heavy (non-hydrogen) atoms. The molecule has 2 nitrogen and oxygen atoms in total. The highest BCUT2D eigenvalue weighted by Gasteiger charge is 2.21. The molecule has 0 N–H and O–H groups in total. The molecule has 1 aromatic carbocycles. The van der Waals surface area contributed by atoms with Crippen LogP contribution in [0.5, 0.6) is 0 Å². The second kappa shape index (κ2) is 4.67. The van der Waals surface area contributed by atoms with Crippen LogP contribution in [0.25, 0.3) is 0 Å². The summed E-state index contributed by atoms with van der Waals surface area (Å²) in [4.78, 5) is 4.15. The van der Waals surface area contributed by atoms with Crippen LogP contribution in [0.15, 0.2) is 29.3 Å². The Balaban J connectivity index is 1.87. The first-order chi connectivity index (χ1) is 7.25. The van der Waals surface area contributed by atoms with Crippen molar-refractivity contribution in [1.82, 2.24) is 0 Å². The van der Waals surface area contributed by atoms with Gasteiger partial charge in [-0.2, -0.15) is 0 Å². The molecule has 2 unspecified atom stereocenters. The van der Waals surface area contributed by atoms with E-state index in [1.807, 2.05) is 19.1 Å². The SMILES string of the molecule is CC1O[C]=NC1CCc1ccc(Cl)cc1. The van der Waals surface area contributed by atoms with Gasteiger partial charge in [-0.1, -0.05) is 23.7 Å². The van der Waals surface area contributed by atoms with Crippen LogP contribution in [0.2, 0.25) is 5.02 Å². The summed E-state index contributed by atoms with van der Waals surface area (Å²) in [5, 5.41) is 0.780. The summed E-state index contributed by atoms with van der Waals surface area (Å²) in [6, 6.07) is 8.19. The molecule has 0 saturated heterocycles. The van der Waals surface area contributed by atoms with Gasteiger partial charge in [-0.25, -0.2) is 4.99 Å². The van der Waals surface area contributed by atoms with Gasteiger partial charge in [0.2, 0.25) is 0 Å². The minimum atomic E-state index is 0.164. The molecule has 0 fully saturated rings. The topological polar surface area (TPSA) is 21.6 Å². The quantitative estimate of drug-likeness (QED) is 0.771. The Kier molecular flexibility index (Phi) is 3.27. The zero-order chi connectivity index (χ0) is 10.7. The Morgan fingerprint density at radius 3 is 2.73 bits per heavy atom. The van der Waals surface area contributed by atoms with Gasteiger partial charge in [-0.15, -0.1) is 0 Å². The Morgan fingerprint density at radius 2 is 2.13 bits per heavy atom. The maximum atomic E-state index is 5.81. The molecule has 2 atom stereocenters. The smallest absolute Gasteiger partial charge is 0.273 e. The van der Waals surface area contributed by atoms with E-state index in [-0.39, 0.29) is 12.1 Å². The molecule has 0 aromatic heterocycles. The van der Waals surface area contributed by atoms with E-state index >= 15 is 0 Å². The zero-order valence-corrected chi connectivity index (χ0v) is 9.37. The first-order valence-corrected chi connectivity index (χ1v) is 5.48. The number of rotatable bonds is 3. The minimum absolute atomic E-state index is 0.164. The van der Waals surface area contributed by atoms with Crippen LogP contribution in [0, 0.1) is 0 Å². The second-order valence-electron chi connectivity index (χ2n) is 3.78. The van der Waals surface area contributed by atoms with Gasteiger partial charge in [0.05, 0.1) is 6.04 Å². The van der Waals surface area contributed by atoms with Crippen molar-refractivity contribution in [1.29, 1.82) is 0 Å². The fourth-order valence-corrected chi connectivity index (χ4v) is 1.76. The number of hydrogen-bond donors (Lipinski definition) is 0. The number of ether oxygens (including phenoxy) is 1. The number of aliphatic imine (C=N–C) groups is 1. The molecular weight excluding hydrogens is 210 g/mol. The molecule has 0 spiro atoms. The molecule has 3 heteroatoms. The lowest BCUT2D eigenvalue weighted by molar-refractivity contribution is 0.216. The van der Waals surface area contributed by atoms with Crippen LogP contribution >= 0.6 is 11.6 Å². The molecule has 1 aliphatic rings. The number of halogens is 1. The molecule has 0 saturated carbocycles. The predicted octanol–water partition coefficient (Wildman–Crippen LogP) is 2.97. The Hall–Kier alpha value is -1.02. The van der Waals surface area contributed by atoms with Crippen LogP contribution in [0.3, 0.4) is 0 Å². The molecule has 1 radical (unpaired) electrons. The summed E-state index contributed by atoms with van der Waals surface area (Å²) in [5.41, 5.74) is 1.29. The molecule has 0 bridgehead atoms. The Bertz CT molecular complexity index is 347. The van der Waals surface area contributed by atoms with Gasteiger partial charge in [-0.05, 0) is 37.5 Å². The lowest BCUT2D eigenvalue weighted by atomic mass is 10.0. The van der Waals surface area contributed by atoms with Crippen LogP contribution in [-0.2, 0) is 11.2 Å². The zero-order valence-electron chi connectivity index (χ0n) is 8.61. The average molecular weight is 223 g/mol. The van der Waals surface area contributed by atoms with E-state index in [1.54, 1.807) is 0 Å². The van der Waals surface area contributed by atoms with E-state index in [2.05, 4.69) is 23.5 Å². The van der Waals surface area contributed by atoms with Crippen molar-refractivity contribution in [3.8, 4) is 0 Å². The van der Waals surface area contributed by atoms with E-state index < -0.39 is 0 Å². The van der Waals surface area contributed by atoms with Crippen molar-refractivity contribution in [3.05, 3.63) is 34.9 Å². The van der Waals surface area contributed by atoms with Crippen molar-refractivity contribution >= 4 is 18.0 Å². The van der Waals surface area contributed by atoms with Gasteiger partial charge in [-0.3, -0.25) is 0 Å². The Labute approximate surface area is 94.9 Å². The lowest BCUT2D eigenvalue weighted by Gasteiger charge is -2.11. The maximum absolute atomic E-state index is 5.81. The third-order valence-electron chi connectivity index (χ3n) is 2.64. The van der Waals surface area contributed by atoms with Crippen molar-refractivity contribution in [2.45, 2.75) is 31.9 Å². The van der Waals surface area contributed by atoms with Crippen LogP contribution < -0.4 is 0 Å². The summed E-state index contributed by atoms with van der Waals surface area (Å²) in [7, 11) is 0. The minimum Gasteiger partial charge on any atom is -0.469 e. The first kappa shape index (κ1) is 10.5. The number of nitrogens with zero attached hydrogens (tertiary/aromatic N) is 1. The maximum Gasteiger partial charge on any atom is 0.273 e. The van der Waals surface area contributed by atoms with Gasteiger partial charge in [0, 0.05) is 5.02 Å². The van der Waals surface area contributed by atoms with Crippen LogP contribution in [0.4, 0.5) is 0 Å². The molecule has 1 heterocycles. The third kappa shape index (κ3) is 2.72. The molecule has 2 rings (SSSR count). The van der Waals surface area contributed by atoms with E-state index in [0.717, 1.165) is 17.9 Å². The highest BCUT2D eigenvalue weighted by atomic mass is 35.5. The predicted molar refractivity (Wildman–Crippen MR) is 61.5 cm³/mol. The summed E-state index contributed by atoms with van der Waals surface area (Å²) in [5.74, 6) is 0. The van der Waals surface area contributed by atoms with Gasteiger partial charge in [0.1, 0.15) is 6.10 Å². The van der Waals surface area contributed by atoms with Crippen molar-refractivity contribution < 1.29 is 4.74 Å². The van der Waals surface area contributed by atoms with Gasteiger partial charge in [0.25, 0.3) is 6.40 Å². The lowest BCUT2D eigenvalue weighted by Crippen LogP contribution is -2.18. The van der Waals surface area contributed by atoms with Gasteiger partial charge in [0.15, 0.2) is 0 Å². The fourth-order valence-electron chi connectivity index (χ4n) is 1.63. The molecule has 1 aliphatic heterocycles. The van der Waals surface area contributed by atoms with E-state index in [1.165, 1.54) is 5.56 Å². The largest absolute Gasteiger partial charge is 0.469 e. The molecule has 79 valence electrons. The highest BCUT2D eigenvalue weighted by Crippen LogP contribution is 2.17. The van der Waals surface area contributed by atoms with Gasteiger partial charge >= 0.3 is 0 Å². The summed E-state index contributed by atoms with van der Waals surface area (Å²) < 4.78 is 5.14. The highest BCUT2D eigenvalue weighted by molar-refractivity contribution is 6.30. The summed E-state index contributed by atoms with van der Waals surface area (Å²) in [6.07, 6.45) is 4.73. The van der Waals surface area contributed by atoms with Crippen molar-refractivity contribution in [2.75, 3.05) is 0 Å². The van der Waals surface area contributed by atoms with E-state index in [4.69, 9.17) is 16.3 Å². The number of hydrogen-bond acceptors (Lipinski definition) is 2. The van der Waals surface area contributed by atoms with Crippen molar-refractivity contribution in [2.24, 2.45) is 4.99 Å². The fraction of sp³-hybridized carbons (Fsp3) is 0.417. The summed E-state index contributed by atoms with van der Waals surface area (Å²) in [6.45, 7) is 2.02. The van der Waals surface area contributed by atoms with E-state index in [9.17, 15) is 0 Å². The van der Waals surface area contributed by atoms with E-state index in [0.29, 0.717) is 0 Å². The molecular formula is C12H13ClNO. The normalized spacial score (nSPS) is 24.1. The summed E-state index contributed by atoms with van der Waals surface area (Å²) >= 11 is 5.81. The Morgan fingerprint density at radius 1 is 1.40 bits per heavy atom. The number of benzene rings is 1. The molecule has 0 amide bonds. The van der Waals surface area contributed by atoms with Crippen molar-refractivity contribution in [3.63, 3.8) is 0 Å². The standard InChI is InChI=1S/C12H13ClNO/c1-9-12(14-8-15-9)7-4-10-2-5-11(13)6-3-10/h2-3,5-6,9,12H,4,7H2,1H3. The monoisotopic (exact) mass is 222 g/mol. The number of aryl methyl sites for hydroxylation is 1. The average Bonchev–Trinajstić information content (AvgIpc) is 2.63. The van der Waals surface area contributed by atoms with Crippen LogP contribution in [0.1, 0.15) is 18.9 Å². The molecule has 1 aromatic rings. The first-order valence-electron chi connectivity index (χ1n) is 5.10. The van der Waals surface area contributed by atoms with Crippen LogP contribution in [-0.4, -0.2) is 18.5 Å². The second-order valence-corrected chi connectivity index (χ2v) is 4.21.